The van der Waals surface area contributed by atoms with Crippen molar-refractivity contribution in [1.82, 2.24) is 9.55 Å². The summed E-state index contributed by atoms with van der Waals surface area (Å²) in [6, 6.07) is 0. The highest BCUT2D eigenvalue weighted by Crippen LogP contribution is 2.03. The fourth-order valence-electron chi connectivity index (χ4n) is 1.00. The van der Waals surface area contributed by atoms with Crippen LogP contribution < -0.4 is 11.4 Å². The fourth-order valence-corrected chi connectivity index (χ4v) is 1.00. The Bertz CT molecular complexity index is 284. The van der Waals surface area contributed by atoms with Crippen molar-refractivity contribution >= 4 is 5.82 Å². The molecule has 0 unspecified atom stereocenters. The Labute approximate surface area is 58.7 Å². The number of aromatic amines is 1. The number of rotatable bonds is 1. The average Bonchev–Trinajstić information content (AvgIpc) is 2.09. The van der Waals surface area contributed by atoms with Gasteiger partial charge in [-0.15, -0.1) is 0 Å². The number of anilines is 1. The van der Waals surface area contributed by atoms with Gasteiger partial charge in [0.25, 0.3) is 0 Å². The predicted molar refractivity (Wildman–Crippen MR) is 39.8 cm³/mol. The van der Waals surface area contributed by atoms with Gasteiger partial charge in [-0.1, -0.05) is 6.92 Å². The van der Waals surface area contributed by atoms with Crippen LogP contribution in [-0.4, -0.2) is 9.55 Å². The molecule has 0 aliphatic heterocycles. The second kappa shape index (κ2) is 2.21. The summed E-state index contributed by atoms with van der Waals surface area (Å²) in [4.78, 5) is 13.4. The summed E-state index contributed by atoms with van der Waals surface area (Å²) in [7, 11) is 1.70. The molecule has 0 radical (unpaired) electrons. The molecule has 0 aromatic carbocycles. The lowest BCUT2D eigenvalue weighted by Crippen LogP contribution is -2.13. The fraction of sp³-hybridized carbons (Fsp3) is 0.500. The minimum atomic E-state index is -0.144. The maximum Gasteiger partial charge on any atom is 0.327 e. The molecule has 0 amide bonds. The third-order valence-corrected chi connectivity index (χ3v) is 1.60. The number of aromatic nitrogens is 2. The molecule has 0 saturated heterocycles. The monoisotopic (exact) mass is 141 g/mol. The van der Waals surface area contributed by atoms with Crippen molar-refractivity contribution in [3.8, 4) is 0 Å². The molecule has 4 heteroatoms. The summed E-state index contributed by atoms with van der Waals surface area (Å²) in [5.41, 5.74) is 6.20. The van der Waals surface area contributed by atoms with Crippen molar-refractivity contribution in [3.05, 3.63) is 16.2 Å². The lowest BCUT2D eigenvalue weighted by Gasteiger charge is -1.95. The summed E-state index contributed by atoms with van der Waals surface area (Å²) in [5.74, 6) is 0.481. The molecule has 0 aliphatic carbocycles. The molecule has 0 spiro atoms. The lowest BCUT2D eigenvalue weighted by molar-refractivity contribution is 0.799. The van der Waals surface area contributed by atoms with Crippen molar-refractivity contribution in [2.24, 2.45) is 7.05 Å². The van der Waals surface area contributed by atoms with Crippen LogP contribution in [0, 0.1) is 0 Å². The Morgan fingerprint density at radius 3 is 2.50 bits per heavy atom. The van der Waals surface area contributed by atoms with E-state index in [-0.39, 0.29) is 5.69 Å². The first-order valence-corrected chi connectivity index (χ1v) is 3.20. The molecule has 3 N–H and O–H groups in total. The van der Waals surface area contributed by atoms with Gasteiger partial charge < -0.3 is 5.73 Å². The van der Waals surface area contributed by atoms with Gasteiger partial charge in [0.1, 0.15) is 5.82 Å². The van der Waals surface area contributed by atoms with Gasteiger partial charge in [-0.25, -0.2) is 4.79 Å². The van der Waals surface area contributed by atoms with Crippen molar-refractivity contribution in [2.75, 3.05) is 5.73 Å². The van der Waals surface area contributed by atoms with Gasteiger partial charge in [0.05, 0.1) is 5.69 Å². The average molecular weight is 141 g/mol. The number of nitrogens with one attached hydrogen (secondary N) is 1. The Morgan fingerprint density at radius 2 is 2.30 bits per heavy atom. The standard InChI is InChI=1S/C6H11N3O/c1-3-4-5(7)8-6(10)9(4)2/h3,7H2,1-2H3,(H,8,10). The van der Waals surface area contributed by atoms with E-state index in [1.54, 1.807) is 7.05 Å². The van der Waals surface area contributed by atoms with E-state index in [9.17, 15) is 4.79 Å². The summed E-state index contributed by atoms with van der Waals surface area (Å²) < 4.78 is 1.52. The molecule has 1 aromatic heterocycles. The second-order valence-corrected chi connectivity index (χ2v) is 2.20. The van der Waals surface area contributed by atoms with E-state index >= 15 is 0 Å². The number of hydrogen-bond acceptors (Lipinski definition) is 2. The van der Waals surface area contributed by atoms with E-state index in [1.807, 2.05) is 6.92 Å². The molecule has 1 heterocycles. The van der Waals surface area contributed by atoms with Crippen LogP contribution in [0.5, 0.6) is 0 Å². The third-order valence-electron chi connectivity index (χ3n) is 1.60. The molecule has 1 aromatic rings. The molecule has 1 rings (SSSR count). The van der Waals surface area contributed by atoms with E-state index in [0.29, 0.717) is 5.82 Å². The summed E-state index contributed by atoms with van der Waals surface area (Å²) in [6.45, 7) is 1.96. The highest BCUT2D eigenvalue weighted by atomic mass is 16.1. The van der Waals surface area contributed by atoms with Gasteiger partial charge in [-0.3, -0.25) is 9.55 Å². The number of H-pyrrole nitrogens is 1. The molecule has 0 bridgehead atoms. The van der Waals surface area contributed by atoms with Gasteiger partial charge in [-0.05, 0) is 6.42 Å². The van der Waals surface area contributed by atoms with Gasteiger partial charge in [0, 0.05) is 7.05 Å². The number of nitrogen functional groups attached to an aromatic ring is 1. The quantitative estimate of drug-likeness (QED) is 0.571. The smallest absolute Gasteiger partial charge is 0.327 e. The van der Waals surface area contributed by atoms with Crippen LogP contribution in [0.4, 0.5) is 5.82 Å². The number of imidazole rings is 1. The summed E-state index contributed by atoms with van der Waals surface area (Å²) in [5, 5.41) is 0. The molecule has 56 valence electrons. The SMILES string of the molecule is CCc1c(N)[nH]c(=O)n1C. The molecule has 0 aliphatic rings. The molecule has 0 fully saturated rings. The van der Waals surface area contributed by atoms with E-state index in [1.165, 1.54) is 4.57 Å². The normalized spacial score (nSPS) is 10.2. The topological polar surface area (TPSA) is 63.8 Å². The Morgan fingerprint density at radius 1 is 1.70 bits per heavy atom. The highest BCUT2D eigenvalue weighted by molar-refractivity contribution is 5.34. The Kier molecular flexibility index (Phi) is 1.53. The second-order valence-electron chi connectivity index (χ2n) is 2.20. The maximum absolute atomic E-state index is 10.8. The van der Waals surface area contributed by atoms with Crippen molar-refractivity contribution < 1.29 is 0 Å². The van der Waals surface area contributed by atoms with Crippen LogP contribution in [0.2, 0.25) is 0 Å². The van der Waals surface area contributed by atoms with Crippen LogP contribution in [0.3, 0.4) is 0 Å². The number of nitrogens with zero attached hydrogens (tertiary/aromatic N) is 1. The van der Waals surface area contributed by atoms with Gasteiger partial charge >= 0.3 is 5.69 Å². The largest absolute Gasteiger partial charge is 0.384 e. The first-order chi connectivity index (χ1) is 4.66. The van der Waals surface area contributed by atoms with Gasteiger partial charge in [0.2, 0.25) is 0 Å². The van der Waals surface area contributed by atoms with E-state index in [4.69, 9.17) is 5.73 Å². The molecule has 0 atom stereocenters. The maximum atomic E-state index is 10.8. The Hall–Kier alpha value is -1.19. The van der Waals surface area contributed by atoms with Crippen molar-refractivity contribution in [3.63, 3.8) is 0 Å². The highest BCUT2D eigenvalue weighted by Gasteiger charge is 2.03. The zero-order valence-electron chi connectivity index (χ0n) is 6.14. The van der Waals surface area contributed by atoms with Crippen LogP contribution in [0.15, 0.2) is 4.79 Å². The van der Waals surface area contributed by atoms with Crippen LogP contribution in [0.25, 0.3) is 0 Å². The van der Waals surface area contributed by atoms with Crippen molar-refractivity contribution in [2.45, 2.75) is 13.3 Å². The van der Waals surface area contributed by atoms with Crippen molar-refractivity contribution in [1.29, 1.82) is 0 Å². The van der Waals surface area contributed by atoms with E-state index < -0.39 is 0 Å². The first kappa shape index (κ1) is 6.92. The van der Waals surface area contributed by atoms with Crippen LogP contribution >= 0.6 is 0 Å². The molecular weight excluding hydrogens is 130 g/mol. The van der Waals surface area contributed by atoms with E-state index in [2.05, 4.69) is 4.98 Å². The van der Waals surface area contributed by atoms with Crippen LogP contribution in [-0.2, 0) is 13.5 Å². The molecule has 0 saturated carbocycles. The third kappa shape index (κ3) is 0.814. The summed E-state index contributed by atoms with van der Waals surface area (Å²) >= 11 is 0. The minimum Gasteiger partial charge on any atom is -0.384 e. The number of hydrogen-bond donors (Lipinski definition) is 2. The zero-order chi connectivity index (χ0) is 7.72. The van der Waals surface area contributed by atoms with Crippen LogP contribution in [0.1, 0.15) is 12.6 Å². The van der Waals surface area contributed by atoms with Gasteiger partial charge in [-0.2, -0.15) is 0 Å². The molecular formula is C6H11N3O. The number of nitrogens with two attached hydrogens (primary N) is 1. The lowest BCUT2D eigenvalue weighted by atomic mass is 10.3. The van der Waals surface area contributed by atoms with E-state index in [0.717, 1.165) is 12.1 Å². The predicted octanol–water partition coefficient (Wildman–Crippen LogP) is -0.142. The zero-order valence-corrected chi connectivity index (χ0v) is 6.14. The summed E-state index contributed by atoms with van der Waals surface area (Å²) in [6.07, 6.45) is 0.779. The first-order valence-electron chi connectivity index (χ1n) is 3.20. The molecule has 10 heavy (non-hydrogen) atoms. The minimum absolute atomic E-state index is 0.144. The Balaban J connectivity index is 3.34. The molecule has 4 nitrogen and oxygen atoms in total. The van der Waals surface area contributed by atoms with Gasteiger partial charge in [0.15, 0.2) is 0 Å².